The number of methoxy groups -OCH3 is 1. The van der Waals surface area contributed by atoms with E-state index in [-0.39, 0.29) is 23.8 Å². The minimum absolute atomic E-state index is 0.126. The number of nitrogens with zero attached hydrogens (tertiary/aromatic N) is 1. The Kier molecular flexibility index (Phi) is 8.99. The van der Waals surface area contributed by atoms with Gasteiger partial charge in [0.15, 0.2) is 14.5 Å². The van der Waals surface area contributed by atoms with Crippen molar-refractivity contribution in [3.8, 4) is 0 Å². The van der Waals surface area contributed by atoms with Gasteiger partial charge in [0.2, 0.25) is 0 Å². The van der Waals surface area contributed by atoms with Crippen LogP contribution in [0.2, 0.25) is 18.1 Å². The number of aromatic amines is 1. The Morgan fingerprint density at radius 3 is 2.45 bits per heavy atom. The van der Waals surface area contributed by atoms with Crippen LogP contribution in [0, 0.1) is 6.92 Å². The van der Waals surface area contributed by atoms with E-state index in [2.05, 4.69) is 38.8 Å². The van der Waals surface area contributed by atoms with Crippen LogP contribution in [-0.2, 0) is 23.4 Å². The van der Waals surface area contributed by atoms with Gasteiger partial charge in [0, 0.05) is 25.3 Å². The largest absolute Gasteiger partial charge is 0.408 e. The Morgan fingerprint density at radius 2 is 1.91 bits per heavy atom. The van der Waals surface area contributed by atoms with Gasteiger partial charge >= 0.3 is 5.69 Å². The van der Waals surface area contributed by atoms with Crippen LogP contribution < -0.4 is 11.2 Å². The highest BCUT2D eigenvalue weighted by molar-refractivity contribution is 6.74. The molecule has 0 saturated carbocycles. The molecule has 11 heteroatoms. The van der Waals surface area contributed by atoms with Crippen LogP contribution in [-0.4, -0.2) is 73.5 Å². The number of H-pyrrole nitrogens is 1. The van der Waals surface area contributed by atoms with Gasteiger partial charge in [0.1, 0.15) is 24.1 Å². The number of aliphatic hydroxyl groups is 1. The smallest absolute Gasteiger partial charge is 0.330 e. The summed E-state index contributed by atoms with van der Waals surface area (Å²) in [6, 6.07) is 0. The number of nitrogens with one attached hydrogen (secondary N) is 1. The van der Waals surface area contributed by atoms with Crippen LogP contribution in [0.25, 0.3) is 0 Å². The molecular formula is C22H38N2O8Si. The molecule has 1 saturated heterocycles. The van der Waals surface area contributed by atoms with E-state index in [0.29, 0.717) is 12.2 Å². The molecule has 1 aliphatic rings. The molecule has 2 rings (SSSR count). The minimum atomic E-state index is -2.38. The van der Waals surface area contributed by atoms with Crippen molar-refractivity contribution >= 4 is 14.1 Å². The summed E-state index contributed by atoms with van der Waals surface area (Å²) in [5.41, 5.74) is -0.833. The lowest BCUT2D eigenvalue weighted by Gasteiger charge is -2.41. The highest BCUT2D eigenvalue weighted by Gasteiger charge is 2.53. The molecule has 0 bridgehead atoms. The monoisotopic (exact) mass is 486 g/mol. The van der Waals surface area contributed by atoms with Crippen LogP contribution in [0.3, 0.4) is 0 Å². The fourth-order valence-electron chi connectivity index (χ4n) is 3.48. The first-order valence-corrected chi connectivity index (χ1v) is 14.0. The third-order valence-corrected chi connectivity index (χ3v) is 10.8. The van der Waals surface area contributed by atoms with E-state index >= 15 is 0 Å². The topological polar surface area (TPSA) is 129 Å². The van der Waals surface area contributed by atoms with E-state index < -0.39 is 50.2 Å². The Labute approximate surface area is 195 Å². The molecule has 1 aromatic heterocycles. The van der Waals surface area contributed by atoms with E-state index in [1.54, 1.807) is 14.0 Å². The number of carbonyl (C=O) groups is 1. The van der Waals surface area contributed by atoms with Crippen molar-refractivity contribution in [2.24, 2.45) is 0 Å². The van der Waals surface area contributed by atoms with Crippen molar-refractivity contribution in [2.75, 3.05) is 20.3 Å². The van der Waals surface area contributed by atoms with Gasteiger partial charge in [-0.25, -0.2) is 4.79 Å². The second kappa shape index (κ2) is 10.7. The van der Waals surface area contributed by atoms with E-state index in [1.807, 2.05) is 0 Å². The van der Waals surface area contributed by atoms with E-state index in [4.69, 9.17) is 18.6 Å². The number of ketones is 1. The number of aromatic nitrogens is 2. The second-order valence-electron chi connectivity index (χ2n) is 10.1. The number of rotatable bonds is 10. The molecule has 188 valence electrons. The zero-order chi connectivity index (χ0) is 25.1. The number of Topliss-reactive ketones (excluding diaryl/α,β-unsaturated/α-hetero) is 1. The molecular weight excluding hydrogens is 448 g/mol. The summed E-state index contributed by atoms with van der Waals surface area (Å²) >= 11 is 0. The Hall–Kier alpha value is -1.63. The standard InChI is InChI=1S/C22H38N2O8Si/c1-13-12-24(21(28)23-19(13)27)20-18(30-10-9-29-6)17(32-33(7,8)22(3,4)5)16(31-20)15(26)11-14(2)25/h12,15-18,20,26H,9-11H2,1-8H3,(H,23,27,28)/t15-,16-,17?,18+,20-/m1/s1. The minimum Gasteiger partial charge on any atom is -0.408 e. The Balaban J connectivity index is 2.57. The predicted molar refractivity (Wildman–Crippen MR) is 125 cm³/mol. The SMILES string of the molecule is COCCO[C@H]1C(O[Si](C)(C)C(C)(C)C)[C@@H]([C@H](O)CC(C)=O)O[C@H]1n1cc(C)c(=O)[nH]c1=O. The molecule has 33 heavy (non-hydrogen) atoms. The Morgan fingerprint density at radius 1 is 1.27 bits per heavy atom. The molecule has 0 aromatic carbocycles. The normalized spacial score (nSPS) is 24.8. The molecule has 0 spiro atoms. The van der Waals surface area contributed by atoms with Crippen LogP contribution in [0.15, 0.2) is 15.8 Å². The fraction of sp³-hybridized carbons (Fsp3) is 0.773. The number of hydrogen-bond donors (Lipinski definition) is 2. The van der Waals surface area contributed by atoms with Crippen molar-refractivity contribution in [2.45, 2.75) is 89.8 Å². The molecule has 1 aliphatic heterocycles. The molecule has 0 radical (unpaired) electrons. The van der Waals surface area contributed by atoms with Crippen molar-refractivity contribution in [3.05, 3.63) is 32.6 Å². The van der Waals surface area contributed by atoms with Gasteiger partial charge in [-0.3, -0.25) is 19.1 Å². The molecule has 1 unspecified atom stereocenters. The van der Waals surface area contributed by atoms with Gasteiger partial charge in [0.05, 0.1) is 19.3 Å². The summed E-state index contributed by atoms with van der Waals surface area (Å²) < 4.78 is 25.3. The average molecular weight is 487 g/mol. The molecule has 2 heterocycles. The zero-order valence-electron chi connectivity index (χ0n) is 20.8. The van der Waals surface area contributed by atoms with Crippen molar-refractivity contribution < 1.29 is 28.5 Å². The van der Waals surface area contributed by atoms with Crippen molar-refractivity contribution in [3.63, 3.8) is 0 Å². The zero-order valence-corrected chi connectivity index (χ0v) is 21.8. The van der Waals surface area contributed by atoms with Gasteiger partial charge in [0.25, 0.3) is 5.56 Å². The lowest BCUT2D eigenvalue weighted by atomic mass is 10.0. The first kappa shape index (κ1) is 27.6. The second-order valence-corrected chi connectivity index (χ2v) is 14.9. The summed E-state index contributed by atoms with van der Waals surface area (Å²) in [6.45, 7) is 13.9. The van der Waals surface area contributed by atoms with Crippen LogP contribution >= 0.6 is 0 Å². The third kappa shape index (κ3) is 6.49. The number of aryl methyl sites for hydroxylation is 1. The number of carbonyl (C=O) groups excluding carboxylic acids is 1. The molecule has 1 aromatic rings. The average Bonchev–Trinajstić information content (AvgIpc) is 3.01. The molecule has 0 amide bonds. The van der Waals surface area contributed by atoms with Gasteiger partial charge in [-0.15, -0.1) is 0 Å². The molecule has 10 nitrogen and oxygen atoms in total. The van der Waals surface area contributed by atoms with Crippen LogP contribution in [0.1, 0.15) is 45.9 Å². The first-order valence-electron chi connectivity index (χ1n) is 11.1. The van der Waals surface area contributed by atoms with Crippen molar-refractivity contribution in [1.29, 1.82) is 0 Å². The maximum Gasteiger partial charge on any atom is 0.330 e. The quantitative estimate of drug-likeness (QED) is 0.376. The van der Waals surface area contributed by atoms with Gasteiger partial charge in [-0.05, 0) is 32.0 Å². The summed E-state index contributed by atoms with van der Waals surface area (Å²) in [5.74, 6) is -0.200. The third-order valence-electron chi connectivity index (χ3n) is 6.36. The lowest BCUT2D eigenvalue weighted by molar-refractivity contribution is -0.125. The molecule has 2 N–H and O–H groups in total. The van der Waals surface area contributed by atoms with E-state index in [0.717, 1.165) is 0 Å². The highest BCUT2D eigenvalue weighted by Crippen LogP contribution is 2.42. The van der Waals surface area contributed by atoms with E-state index in [9.17, 15) is 19.5 Å². The lowest BCUT2D eigenvalue weighted by Crippen LogP contribution is -2.52. The Bertz CT molecular complexity index is 936. The number of hydrogen-bond acceptors (Lipinski definition) is 8. The summed E-state index contributed by atoms with van der Waals surface area (Å²) in [6.07, 6.45) is -3.31. The number of aliphatic hydroxyl groups excluding tert-OH is 1. The maximum atomic E-state index is 12.7. The van der Waals surface area contributed by atoms with Gasteiger partial charge in [-0.1, -0.05) is 20.8 Å². The first-order chi connectivity index (χ1) is 15.2. The van der Waals surface area contributed by atoms with Crippen molar-refractivity contribution in [1.82, 2.24) is 9.55 Å². The summed E-state index contributed by atoms with van der Waals surface area (Å²) in [4.78, 5) is 38.6. The van der Waals surface area contributed by atoms with E-state index in [1.165, 1.54) is 17.7 Å². The van der Waals surface area contributed by atoms with Crippen LogP contribution in [0.4, 0.5) is 0 Å². The highest BCUT2D eigenvalue weighted by atomic mass is 28.4. The molecule has 0 aliphatic carbocycles. The van der Waals surface area contributed by atoms with Gasteiger partial charge in [-0.2, -0.15) is 0 Å². The predicted octanol–water partition coefficient (Wildman–Crippen LogP) is 1.50. The number of ether oxygens (including phenoxy) is 3. The van der Waals surface area contributed by atoms with Crippen LogP contribution in [0.5, 0.6) is 0 Å². The fourth-order valence-corrected chi connectivity index (χ4v) is 4.78. The maximum absolute atomic E-state index is 12.7. The molecule has 5 atom stereocenters. The van der Waals surface area contributed by atoms with Gasteiger partial charge < -0.3 is 23.7 Å². The molecule has 1 fully saturated rings. The summed E-state index contributed by atoms with van der Waals surface area (Å²) in [5, 5.41) is 10.7. The summed E-state index contributed by atoms with van der Waals surface area (Å²) in [7, 11) is -0.837.